The molecule has 7 heteroatoms. The van der Waals surface area contributed by atoms with Crippen molar-refractivity contribution >= 4 is 27.0 Å². The van der Waals surface area contributed by atoms with E-state index in [1.807, 2.05) is 17.5 Å². The van der Waals surface area contributed by atoms with Crippen molar-refractivity contribution < 1.29 is 13.5 Å². The number of nitrogens with zero attached hydrogens (tertiary/aromatic N) is 1. The molecule has 1 atom stereocenters. The Bertz CT molecular complexity index is 742. The van der Waals surface area contributed by atoms with Crippen LogP contribution in [-0.2, 0) is 10.0 Å². The molecule has 2 aromatic rings. The van der Waals surface area contributed by atoms with Crippen LogP contribution in [0.1, 0.15) is 23.8 Å². The first kappa shape index (κ1) is 14.4. The van der Waals surface area contributed by atoms with Crippen LogP contribution in [0.4, 0.5) is 5.69 Å². The molecule has 0 saturated carbocycles. The van der Waals surface area contributed by atoms with E-state index < -0.39 is 10.0 Å². The van der Waals surface area contributed by atoms with Crippen LogP contribution in [0.2, 0.25) is 0 Å². The molecular formula is C14H16N2O3S2. The predicted octanol–water partition coefficient (Wildman–Crippen LogP) is 2.56. The summed E-state index contributed by atoms with van der Waals surface area (Å²) < 4.78 is 27.1. The maximum atomic E-state index is 12.8. The van der Waals surface area contributed by atoms with Crippen LogP contribution in [0.5, 0.6) is 5.75 Å². The molecule has 2 heterocycles. The fraction of sp³-hybridized carbons (Fsp3) is 0.286. The first-order valence-corrected chi connectivity index (χ1v) is 8.96. The Morgan fingerprint density at radius 2 is 2.14 bits per heavy atom. The zero-order valence-electron chi connectivity index (χ0n) is 11.3. The van der Waals surface area contributed by atoms with E-state index in [1.165, 1.54) is 22.5 Å². The lowest BCUT2D eigenvalue weighted by Crippen LogP contribution is -2.30. The van der Waals surface area contributed by atoms with Gasteiger partial charge in [0.15, 0.2) is 0 Å². The Balaban J connectivity index is 1.99. The molecule has 112 valence electrons. The van der Waals surface area contributed by atoms with E-state index in [1.54, 1.807) is 11.3 Å². The van der Waals surface area contributed by atoms with Gasteiger partial charge in [-0.3, -0.25) is 0 Å². The van der Waals surface area contributed by atoms with Gasteiger partial charge in [-0.15, -0.1) is 11.3 Å². The summed E-state index contributed by atoms with van der Waals surface area (Å²) in [5.41, 5.74) is 5.69. The zero-order valence-corrected chi connectivity index (χ0v) is 12.9. The second-order valence-electron chi connectivity index (χ2n) is 5.01. The van der Waals surface area contributed by atoms with E-state index in [-0.39, 0.29) is 22.4 Å². The number of hydrogen-bond acceptors (Lipinski definition) is 5. The Labute approximate surface area is 127 Å². The molecule has 0 radical (unpaired) electrons. The lowest BCUT2D eigenvalue weighted by molar-refractivity contribution is 0.401. The number of phenolic OH excluding ortho intramolecular Hbond substituents is 1. The van der Waals surface area contributed by atoms with E-state index in [9.17, 15) is 13.5 Å². The minimum atomic E-state index is -3.60. The van der Waals surface area contributed by atoms with Crippen LogP contribution >= 0.6 is 11.3 Å². The summed E-state index contributed by atoms with van der Waals surface area (Å²) in [5.74, 6) is -0.106. The molecule has 1 saturated heterocycles. The molecule has 1 unspecified atom stereocenters. The number of rotatable bonds is 3. The quantitative estimate of drug-likeness (QED) is 0.671. The summed E-state index contributed by atoms with van der Waals surface area (Å²) >= 11 is 1.57. The second-order valence-corrected chi connectivity index (χ2v) is 7.88. The second kappa shape index (κ2) is 5.32. The normalized spacial score (nSPS) is 19.9. The summed E-state index contributed by atoms with van der Waals surface area (Å²) in [7, 11) is -3.60. The molecule has 1 aliphatic heterocycles. The zero-order chi connectivity index (χ0) is 15.0. The average molecular weight is 324 g/mol. The molecule has 0 bridgehead atoms. The monoisotopic (exact) mass is 324 g/mol. The molecule has 3 rings (SSSR count). The largest absolute Gasteiger partial charge is 0.506 e. The van der Waals surface area contributed by atoms with Crippen LogP contribution in [0.25, 0.3) is 0 Å². The number of nitrogen functional groups attached to an aromatic ring is 1. The minimum absolute atomic E-state index is 0.0722. The van der Waals surface area contributed by atoms with E-state index >= 15 is 0 Å². The molecule has 0 amide bonds. The summed E-state index contributed by atoms with van der Waals surface area (Å²) in [5, 5.41) is 11.4. The van der Waals surface area contributed by atoms with Gasteiger partial charge in [-0.2, -0.15) is 4.31 Å². The first-order chi connectivity index (χ1) is 10.00. The summed E-state index contributed by atoms with van der Waals surface area (Å²) in [6.45, 7) is 0.506. The molecular weight excluding hydrogens is 308 g/mol. The van der Waals surface area contributed by atoms with Gasteiger partial charge in [-0.1, -0.05) is 6.07 Å². The van der Waals surface area contributed by atoms with Crippen LogP contribution in [0, 0.1) is 0 Å². The van der Waals surface area contributed by atoms with Gasteiger partial charge in [0.1, 0.15) is 5.75 Å². The van der Waals surface area contributed by atoms with Gasteiger partial charge in [0.05, 0.1) is 16.6 Å². The molecule has 1 aliphatic rings. The van der Waals surface area contributed by atoms with Crippen molar-refractivity contribution in [2.24, 2.45) is 0 Å². The smallest absolute Gasteiger partial charge is 0.243 e. The summed E-state index contributed by atoms with van der Waals surface area (Å²) in [6, 6.07) is 7.82. The molecule has 1 aromatic heterocycles. The number of benzene rings is 1. The number of nitrogens with two attached hydrogens (primary N) is 1. The Morgan fingerprint density at radius 1 is 1.33 bits per heavy atom. The van der Waals surface area contributed by atoms with Crippen LogP contribution in [-0.4, -0.2) is 24.4 Å². The fourth-order valence-electron chi connectivity index (χ4n) is 2.62. The van der Waals surface area contributed by atoms with Gasteiger partial charge in [0.25, 0.3) is 0 Å². The number of sulfonamides is 1. The van der Waals surface area contributed by atoms with Crippen molar-refractivity contribution in [2.75, 3.05) is 12.3 Å². The van der Waals surface area contributed by atoms with Crippen molar-refractivity contribution in [3.05, 3.63) is 40.6 Å². The number of phenols is 1. The molecule has 3 N–H and O–H groups in total. The van der Waals surface area contributed by atoms with E-state index in [4.69, 9.17) is 5.73 Å². The van der Waals surface area contributed by atoms with Gasteiger partial charge >= 0.3 is 0 Å². The lowest BCUT2D eigenvalue weighted by Gasteiger charge is -2.23. The Hall–Kier alpha value is -1.57. The third-order valence-corrected chi connectivity index (χ3v) is 6.56. The van der Waals surface area contributed by atoms with E-state index in [0.29, 0.717) is 6.54 Å². The van der Waals surface area contributed by atoms with Gasteiger partial charge in [-0.05, 0) is 42.5 Å². The van der Waals surface area contributed by atoms with Crippen molar-refractivity contribution in [3.63, 3.8) is 0 Å². The molecule has 1 fully saturated rings. The van der Waals surface area contributed by atoms with Crippen molar-refractivity contribution in [2.45, 2.75) is 23.8 Å². The van der Waals surface area contributed by atoms with Crippen LogP contribution < -0.4 is 5.73 Å². The average Bonchev–Trinajstić information content (AvgIpc) is 3.11. The highest BCUT2D eigenvalue weighted by Gasteiger charge is 2.36. The molecule has 21 heavy (non-hydrogen) atoms. The number of aromatic hydroxyl groups is 1. The fourth-order valence-corrected chi connectivity index (χ4v) is 5.27. The number of anilines is 1. The lowest BCUT2D eigenvalue weighted by atomic mass is 10.2. The highest BCUT2D eigenvalue weighted by molar-refractivity contribution is 7.89. The van der Waals surface area contributed by atoms with Gasteiger partial charge in [0.2, 0.25) is 10.0 Å². The first-order valence-electron chi connectivity index (χ1n) is 6.64. The highest BCUT2D eigenvalue weighted by Crippen LogP contribution is 2.39. The van der Waals surface area contributed by atoms with Gasteiger partial charge in [-0.25, -0.2) is 8.42 Å². The van der Waals surface area contributed by atoms with Gasteiger partial charge < -0.3 is 10.8 Å². The molecule has 1 aromatic carbocycles. The highest BCUT2D eigenvalue weighted by atomic mass is 32.2. The van der Waals surface area contributed by atoms with E-state index in [2.05, 4.69) is 0 Å². The van der Waals surface area contributed by atoms with Crippen LogP contribution in [0.3, 0.4) is 0 Å². The minimum Gasteiger partial charge on any atom is -0.506 e. The molecule has 0 aliphatic carbocycles. The van der Waals surface area contributed by atoms with E-state index in [0.717, 1.165) is 17.7 Å². The summed E-state index contributed by atoms with van der Waals surface area (Å²) in [6.07, 6.45) is 1.67. The van der Waals surface area contributed by atoms with Crippen LogP contribution in [0.15, 0.2) is 40.6 Å². The maximum Gasteiger partial charge on any atom is 0.243 e. The SMILES string of the molecule is Nc1cc(S(=O)(=O)N2CCCC2c2cccs2)ccc1O. The van der Waals surface area contributed by atoms with Gasteiger partial charge in [0, 0.05) is 11.4 Å². The van der Waals surface area contributed by atoms with Crippen molar-refractivity contribution in [1.82, 2.24) is 4.31 Å². The molecule has 5 nitrogen and oxygen atoms in total. The third-order valence-electron chi connectivity index (χ3n) is 3.68. The topological polar surface area (TPSA) is 83.6 Å². The van der Waals surface area contributed by atoms with Crippen molar-refractivity contribution in [3.8, 4) is 5.75 Å². The maximum absolute atomic E-state index is 12.8. The third kappa shape index (κ3) is 2.52. The van der Waals surface area contributed by atoms with Crippen molar-refractivity contribution in [1.29, 1.82) is 0 Å². The summed E-state index contributed by atoms with van der Waals surface area (Å²) in [4.78, 5) is 1.18. The number of thiophene rings is 1. The Kier molecular flexibility index (Phi) is 3.64. The standard InChI is InChI=1S/C14H16N2O3S2/c15-11-9-10(5-6-13(11)17)21(18,19)16-7-1-3-12(16)14-4-2-8-20-14/h2,4-6,8-9,12,17H,1,3,7,15H2. The number of hydrogen-bond donors (Lipinski definition) is 2. The molecule has 0 spiro atoms. The Morgan fingerprint density at radius 3 is 2.81 bits per heavy atom. The predicted molar refractivity (Wildman–Crippen MR) is 82.7 cm³/mol.